The highest BCUT2D eigenvalue weighted by atomic mass is 19.1. The Morgan fingerprint density at radius 3 is 2.55 bits per heavy atom. The molecule has 0 heterocycles. The zero-order valence-electron chi connectivity index (χ0n) is 10.7. The number of ether oxygens (including phenoxy) is 2. The summed E-state index contributed by atoms with van der Waals surface area (Å²) in [7, 11) is 1.38. The highest BCUT2D eigenvalue weighted by molar-refractivity contribution is 5.44. The van der Waals surface area contributed by atoms with Crippen LogP contribution in [0, 0.1) is 23.0 Å². The van der Waals surface area contributed by atoms with Gasteiger partial charge < -0.3 is 9.47 Å². The van der Waals surface area contributed by atoms with Gasteiger partial charge >= 0.3 is 0 Å². The van der Waals surface area contributed by atoms with Crippen molar-refractivity contribution in [3.8, 4) is 17.6 Å². The molecule has 0 aliphatic heterocycles. The molecule has 2 aromatic rings. The quantitative estimate of drug-likeness (QED) is 0.858. The van der Waals surface area contributed by atoms with E-state index in [1.807, 2.05) is 0 Å². The minimum Gasteiger partial charge on any atom is -0.494 e. The fraction of sp³-hybridized carbons (Fsp3) is 0.133. The second kappa shape index (κ2) is 6.02. The summed E-state index contributed by atoms with van der Waals surface area (Å²) in [6.45, 7) is 0.0268. The molecule has 2 aromatic carbocycles. The average Bonchev–Trinajstić information content (AvgIpc) is 2.45. The van der Waals surface area contributed by atoms with Crippen LogP contribution < -0.4 is 9.47 Å². The van der Waals surface area contributed by atoms with Crippen molar-refractivity contribution in [3.05, 3.63) is 59.2 Å². The minimum absolute atomic E-state index is 0.0268. The molecule has 0 saturated carbocycles. The van der Waals surface area contributed by atoms with E-state index in [4.69, 9.17) is 14.7 Å². The molecule has 0 aliphatic rings. The zero-order valence-corrected chi connectivity index (χ0v) is 10.7. The number of hydrogen-bond donors (Lipinski definition) is 0. The first-order chi connectivity index (χ1) is 9.65. The van der Waals surface area contributed by atoms with Gasteiger partial charge in [-0.1, -0.05) is 12.1 Å². The summed E-state index contributed by atoms with van der Waals surface area (Å²) in [6, 6.07) is 10.2. The van der Waals surface area contributed by atoms with E-state index in [-0.39, 0.29) is 23.7 Å². The van der Waals surface area contributed by atoms with Crippen LogP contribution in [0.3, 0.4) is 0 Å². The van der Waals surface area contributed by atoms with E-state index in [2.05, 4.69) is 0 Å². The number of halogens is 2. The van der Waals surface area contributed by atoms with Crippen LogP contribution in [0.15, 0.2) is 36.4 Å². The average molecular weight is 275 g/mol. The smallest absolute Gasteiger partial charge is 0.165 e. The lowest BCUT2D eigenvalue weighted by Gasteiger charge is -2.09. The maximum absolute atomic E-state index is 13.5. The molecule has 0 aromatic heterocycles. The third-order valence-electron chi connectivity index (χ3n) is 2.70. The predicted octanol–water partition coefficient (Wildman–Crippen LogP) is 3.42. The molecule has 0 atom stereocenters. The van der Waals surface area contributed by atoms with Crippen LogP contribution >= 0.6 is 0 Å². The second-order valence-electron chi connectivity index (χ2n) is 3.98. The summed E-state index contributed by atoms with van der Waals surface area (Å²) < 4.78 is 37.0. The number of methoxy groups -OCH3 is 1. The molecule has 0 unspecified atom stereocenters. The van der Waals surface area contributed by atoms with Gasteiger partial charge in [0.2, 0.25) is 0 Å². The lowest BCUT2D eigenvalue weighted by atomic mass is 10.2. The maximum atomic E-state index is 13.5. The Morgan fingerprint density at radius 1 is 1.10 bits per heavy atom. The van der Waals surface area contributed by atoms with Crippen LogP contribution in [0.2, 0.25) is 0 Å². The van der Waals surface area contributed by atoms with Crippen LogP contribution in [0.25, 0.3) is 0 Å². The first kappa shape index (κ1) is 13.8. The van der Waals surface area contributed by atoms with E-state index in [1.165, 1.54) is 37.4 Å². The van der Waals surface area contributed by atoms with Crippen molar-refractivity contribution in [2.45, 2.75) is 6.61 Å². The van der Waals surface area contributed by atoms with Crippen LogP contribution in [-0.4, -0.2) is 7.11 Å². The van der Waals surface area contributed by atoms with Gasteiger partial charge in [0.1, 0.15) is 29.8 Å². The summed E-state index contributed by atoms with van der Waals surface area (Å²) in [5.41, 5.74) is 0.387. The topological polar surface area (TPSA) is 42.2 Å². The second-order valence-corrected chi connectivity index (χ2v) is 3.98. The van der Waals surface area contributed by atoms with Crippen LogP contribution in [0.5, 0.6) is 11.5 Å². The molecule has 2 rings (SSSR count). The standard InChI is InChI=1S/C15H11F2NO2/c1-19-15-6-5-10(7-13(15)17)9-20-14-4-2-3-12(16)11(14)8-18/h2-7H,9H2,1H3. The van der Waals surface area contributed by atoms with Crippen molar-refractivity contribution in [2.24, 2.45) is 0 Å². The summed E-state index contributed by atoms with van der Waals surface area (Å²) in [4.78, 5) is 0. The summed E-state index contributed by atoms with van der Waals surface area (Å²) in [5, 5.41) is 8.86. The molecule has 0 saturated heterocycles. The Balaban J connectivity index is 2.15. The molecule has 0 radical (unpaired) electrons. The number of benzene rings is 2. The van der Waals surface area contributed by atoms with Gasteiger partial charge in [-0.25, -0.2) is 8.78 Å². The van der Waals surface area contributed by atoms with E-state index < -0.39 is 11.6 Å². The van der Waals surface area contributed by atoms with Crippen molar-refractivity contribution in [1.82, 2.24) is 0 Å². The third-order valence-corrected chi connectivity index (χ3v) is 2.70. The fourth-order valence-electron chi connectivity index (χ4n) is 1.69. The Kier molecular flexibility index (Phi) is 4.16. The molecule has 5 heteroatoms. The largest absolute Gasteiger partial charge is 0.494 e. The fourth-order valence-corrected chi connectivity index (χ4v) is 1.69. The molecule has 0 N–H and O–H groups in total. The number of hydrogen-bond acceptors (Lipinski definition) is 3. The Labute approximate surface area is 115 Å². The van der Waals surface area contributed by atoms with E-state index in [9.17, 15) is 8.78 Å². The Hall–Kier alpha value is -2.61. The first-order valence-corrected chi connectivity index (χ1v) is 5.79. The van der Waals surface area contributed by atoms with Gasteiger partial charge in [-0.05, 0) is 29.8 Å². The van der Waals surface area contributed by atoms with Gasteiger partial charge in [-0.15, -0.1) is 0 Å². The number of nitriles is 1. The van der Waals surface area contributed by atoms with E-state index in [0.29, 0.717) is 5.56 Å². The monoisotopic (exact) mass is 275 g/mol. The van der Waals surface area contributed by atoms with E-state index >= 15 is 0 Å². The van der Waals surface area contributed by atoms with Crippen LogP contribution in [0.1, 0.15) is 11.1 Å². The molecule has 0 amide bonds. The normalized spacial score (nSPS) is 9.90. The number of nitrogens with zero attached hydrogens (tertiary/aromatic N) is 1. The molecule has 0 fully saturated rings. The molecule has 3 nitrogen and oxygen atoms in total. The number of rotatable bonds is 4. The van der Waals surface area contributed by atoms with Crippen molar-refractivity contribution < 1.29 is 18.3 Å². The Bertz CT molecular complexity index is 665. The van der Waals surface area contributed by atoms with Crippen molar-refractivity contribution in [3.63, 3.8) is 0 Å². The predicted molar refractivity (Wildman–Crippen MR) is 68.4 cm³/mol. The highest BCUT2D eigenvalue weighted by Crippen LogP contribution is 2.23. The lowest BCUT2D eigenvalue weighted by Crippen LogP contribution is -2.00. The summed E-state index contributed by atoms with van der Waals surface area (Å²) in [5.74, 6) is -0.889. The van der Waals surface area contributed by atoms with Gasteiger partial charge in [-0.3, -0.25) is 0 Å². The Morgan fingerprint density at radius 2 is 1.90 bits per heavy atom. The first-order valence-electron chi connectivity index (χ1n) is 5.79. The van der Waals surface area contributed by atoms with Gasteiger partial charge in [0.25, 0.3) is 0 Å². The molecule has 20 heavy (non-hydrogen) atoms. The molecule has 0 spiro atoms. The highest BCUT2D eigenvalue weighted by Gasteiger charge is 2.10. The van der Waals surface area contributed by atoms with Gasteiger partial charge in [0, 0.05) is 0 Å². The lowest BCUT2D eigenvalue weighted by molar-refractivity contribution is 0.302. The molecule has 0 bridgehead atoms. The van der Waals surface area contributed by atoms with Crippen molar-refractivity contribution in [1.29, 1.82) is 5.26 Å². The van der Waals surface area contributed by atoms with Crippen molar-refractivity contribution >= 4 is 0 Å². The van der Waals surface area contributed by atoms with Gasteiger partial charge in [0.15, 0.2) is 11.6 Å². The maximum Gasteiger partial charge on any atom is 0.165 e. The SMILES string of the molecule is COc1ccc(COc2cccc(F)c2C#N)cc1F. The van der Waals surface area contributed by atoms with E-state index in [1.54, 1.807) is 12.1 Å². The molecular weight excluding hydrogens is 264 g/mol. The minimum atomic E-state index is -0.647. The third kappa shape index (κ3) is 2.86. The molecular formula is C15H11F2NO2. The molecule has 0 aliphatic carbocycles. The van der Waals surface area contributed by atoms with Crippen molar-refractivity contribution in [2.75, 3.05) is 7.11 Å². The zero-order chi connectivity index (χ0) is 14.5. The molecule has 102 valence electrons. The van der Waals surface area contributed by atoms with Gasteiger partial charge in [-0.2, -0.15) is 5.26 Å². The summed E-state index contributed by atoms with van der Waals surface area (Å²) >= 11 is 0. The van der Waals surface area contributed by atoms with E-state index in [0.717, 1.165) is 0 Å². The van der Waals surface area contributed by atoms with Gasteiger partial charge in [0.05, 0.1) is 7.11 Å². The van der Waals surface area contributed by atoms with Crippen LogP contribution in [-0.2, 0) is 6.61 Å². The van der Waals surface area contributed by atoms with Crippen LogP contribution in [0.4, 0.5) is 8.78 Å². The summed E-state index contributed by atoms with van der Waals surface area (Å²) in [6.07, 6.45) is 0.